The van der Waals surface area contributed by atoms with Crippen LogP contribution in [0.15, 0.2) is 42.9 Å². The van der Waals surface area contributed by atoms with Gasteiger partial charge in [-0.3, -0.25) is 4.98 Å². The summed E-state index contributed by atoms with van der Waals surface area (Å²) in [4.78, 5) is 15.8. The van der Waals surface area contributed by atoms with Crippen molar-refractivity contribution in [3.8, 4) is 11.5 Å². The van der Waals surface area contributed by atoms with Crippen LogP contribution >= 0.6 is 0 Å². The summed E-state index contributed by atoms with van der Waals surface area (Å²) in [6, 6.07) is 8.14. The van der Waals surface area contributed by atoms with Crippen molar-refractivity contribution in [3.05, 3.63) is 48.5 Å². The summed E-state index contributed by atoms with van der Waals surface area (Å²) in [6.45, 7) is 3.81. The van der Waals surface area contributed by atoms with Gasteiger partial charge in [-0.15, -0.1) is 5.10 Å². The number of pyridine rings is 1. The van der Waals surface area contributed by atoms with E-state index in [0.717, 1.165) is 36.7 Å². The lowest BCUT2D eigenvalue weighted by atomic mass is 10.3. The zero-order valence-corrected chi connectivity index (χ0v) is 12.9. The van der Waals surface area contributed by atoms with Crippen molar-refractivity contribution in [2.75, 3.05) is 18.0 Å². The first-order chi connectivity index (χ1) is 11.3. The van der Waals surface area contributed by atoms with Crippen LogP contribution in [-0.4, -0.2) is 43.0 Å². The van der Waals surface area contributed by atoms with Gasteiger partial charge in [0.1, 0.15) is 11.5 Å². The minimum Gasteiger partial charge on any atom is -0.354 e. The normalized spacial score (nSPS) is 17.6. The molecule has 0 amide bonds. The molecule has 0 radical (unpaired) electrons. The number of hydrogen-bond donors (Lipinski definition) is 0. The second-order valence-corrected chi connectivity index (χ2v) is 5.68. The number of nitrogens with zero attached hydrogens (tertiary/aromatic N) is 7. The number of hydrogen-bond acceptors (Lipinski definition) is 6. The largest absolute Gasteiger partial charge is 0.354 e. The highest BCUT2D eigenvalue weighted by Crippen LogP contribution is 2.26. The lowest BCUT2D eigenvalue weighted by molar-refractivity contribution is 0.479. The molecule has 7 nitrogen and oxygen atoms in total. The fraction of sp³-hybridized carbons (Fsp3) is 0.312. The van der Waals surface area contributed by atoms with Crippen molar-refractivity contribution in [1.29, 1.82) is 0 Å². The average molecular weight is 307 g/mol. The number of aryl methyl sites for hydroxylation is 1. The Morgan fingerprint density at radius 3 is 2.91 bits per heavy atom. The first-order valence-electron chi connectivity index (χ1n) is 7.67. The lowest BCUT2D eigenvalue weighted by Gasteiger charge is -2.18. The van der Waals surface area contributed by atoms with Gasteiger partial charge in [0.25, 0.3) is 0 Å². The summed E-state index contributed by atoms with van der Waals surface area (Å²) in [7, 11) is 0. The molecule has 0 spiro atoms. The molecule has 1 fully saturated rings. The molecule has 3 aromatic heterocycles. The molecule has 1 atom stereocenters. The highest BCUT2D eigenvalue weighted by molar-refractivity contribution is 5.54. The van der Waals surface area contributed by atoms with Crippen molar-refractivity contribution < 1.29 is 0 Å². The second-order valence-electron chi connectivity index (χ2n) is 5.68. The van der Waals surface area contributed by atoms with E-state index in [1.54, 1.807) is 12.4 Å². The molecule has 4 rings (SSSR count). The monoisotopic (exact) mass is 307 g/mol. The Kier molecular flexibility index (Phi) is 3.45. The molecule has 3 aromatic rings. The van der Waals surface area contributed by atoms with E-state index in [-0.39, 0.29) is 0 Å². The van der Waals surface area contributed by atoms with Gasteiger partial charge in [-0.25, -0.2) is 14.6 Å². The van der Waals surface area contributed by atoms with Crippen LogP contribution in [0.2, 0.25) is 0 Å². The van der Waals surface area contributed by atoms with E-state index in [4.69, 9.17) is 4.98 Å². The molecule has 0 N–H and O–H groups in total. The van der Waals surface area contributed by atoms with Crippen molar-refractivity contribution >= 4 is 5.82 Å². The van der Waals surface area contributed by atoms with E-state index in [9.17, 15) is 0 Å². The Bertz CT molecular complexity index is 785. The zero-order chi connectivity index (χ0) is 15.6. The molecule has 0 aromatic carbocycles. The molecule has 1 aliphatic heterocycles. The zero-order valence-electron chi connectivity index (χ0n) is 12.9. The van der Waals surface area contributed by atoms with Crippen LogP contribution in [0.3, 0.4) is 0 Å². The number of aromatic nitrogens is 6. The van der Waals surface area contributed by atoms with E-state index < -0.39 is 0 Å². The molecule has 0 aliphatic carbocycles. The average Bonchev–Trinajstić information content (AvgIpc) is 3.26. The van der Waals surface area contributed by atoms with Crippen LogP contribution in [0, 0.1) is 6.92 Å². The minimum atomic E-state index is 0.339. The number of anilines is 1. The predicted molar refractivity (Wildman–Crippen MR) is 85.9 cm³/mol. The second kappa shape index (κ2) is 5.75. The molecule has 4 heterocycles. The maximum atomic E-state index is 4.71. The first kappa shape index (κ1) is 13.8. The predicted octanol–water partition coefficient (Wildman–Crippen LogP) is 1.89. The van der Waals surface area contributed by atoms with Gasteiger partial charge in [0.15, 0.2) is 5.82 Å². The Balaban J connectivity index is 1.61. The molecular weight excluding hydrogens is 290 g/mol. The van der Waals surface area contributed by atoms with Gasteiger partial charge >= 0.3 is 0 Å². The first-order valence-corrected chi connectivity index (χ1v) is 7.67. The molecule has 116 valence electrons. The molecule has 0 saturated carbocycles. The van der Waals surface area contributed by atoms with Crippen LogP contribution in [0.5, 0.6) is 0 Å². The van der Waals surface area contributed by atoms with Gasteiger partial charge in [-0.05, 0) is 25.5 Å². The highest BCUT2D eigenvalue weighted by Gasteiger charge is 2.26. The topological polar surface area (TPSA) is 72.6 Å². The summed E-state index contributed by atoms with van der Waals surface area (Å²) in [5, 5.41) is 8.00. The maximum Gasteiger partial charge on any atom is 0.180 e. The van der Waals surface area contributed by atoms with E-state index in [0.29, 0.717) is 11.9 Å². The van der Waals surface area contributed by atoms with Crippen molar-refractivity contribution in [2.24, 2.45) is 0 Å². The van der Waals surface area contributed by atoms with Gasteiger partial charge < -0.3 is 4.90 Å². The van der Waals surface area contributed by atoms with Gasteiger partial charge in [-0.1, -0.05) is 11.3 Å². The molecule has 1 saturated heterocycles. The third-order valence-corrected chi connectivity index (χ3v) is 4.04. The standard InChI is InChI=1S/C16H17N7/c1-12-10-15(20-16(19-12)14-4-2-3-6-17-14)22-8-5-13(11-22)23-9-7-18-21-23/h2-4,6-7,9-10,13H,5,8,11H2,1H3. The summed E-state index contributed by atoms with van der Waals surface area (Å²) < 4.78 is 1.92. The summed E-state index contributed by atoms with van der Waals surface area (Å²) in [5.41, 5.74) is 1.74. The van der Waals surface area contributed by atoms with Crippen LogP contribution in [0.1, 0.15) is 18.2 Å². The van der Waals surface area contributed by atoms with E-state index in [1.807, 2.05) is 42.1 Å². The van der Waals surface area contributed by atoms with Gasteiger partial charge in [0.05, 0.1) is 12.2 Å². The quantitative estimate of drug-likeness (QED) is 0.736. The van der Waals surface area contributed by atoms with Crippen molar-refractivity contribution in [2.45, 2.75) is 19.4 Å². The summed E-state index contributed by atoms with van der Waals surface area (Å²) in [5.74, 6) is 1.62. The third kappa shape index (κ3) is 2.77. The fourth-order valence-corrected chi connectivity index (χ4v) is 2.90. The molecule has 7 heteroatoms. The Hall–Kier alpha value is -2.83. The van der Waals surface area contributed by atoms with Crippen LogP contribution in [-0.2, 0) is 0 Å². The summed E-state index contributed by atoms with van der Waals surface area (Å²) in [6.07, 6.45) is 6.43. The van der Waals surface area contributed by atoms with Crippen LogP contribution < -0.4 is 4.90 Å². The van der Waals surface area contributed by atoms with Crippen molar-refractivity contribution in [3.63, 3.8) is 0 Å². The van der Waals surface area contributed by atoms with E-state index in [2.05, 4.69) is 25.2 Å². The van der Waals surface area contributed by atoms with E-state index in [1.165, 1.54) is 0 Å². The highest BCUT2D eigenvalue weighted by atomic mass is 15.4. The van der Waals surface area contributed by atoms with Crippen molar-refractivity contribution in [1.82, 2.24) is 29.9 Å². The number of rotatable bonds is 3. The molecule has 0 bridgehead atoms. The maximum absolute atomic E-state index is 4.71. The van der Waals surface area contributed by atoms with Crippen LogP contribution in [0.4, 0.5) is 5.82 Å². The Morgan fingerprint density at radius 2 is 2.13 bits per heavy atom. The van der Waals surface area contributed by atoms with Gasteiger partial charge in [0.2, 0.25) is 0 Å². The fourth-order valence-electron chi connectivity index (χ4n) is 2.90. The Labute approximate surface area is 134 Å². The SMILES string of the molecule is Cc1cc(N2CCC(n3ccnn3)C2)nc(-c2ccccn2)n1. The molecule has 1 unspecified atom stereocenters. The molecule has 23 heavy (non-hydrogen) atoms. The molecular formula is C16H17N7. The van der Waals surface area contributed by atoms with Crippen LogP contribution in [0.25, 0.3) is 11.5 Å². The van der Waals surface area contributed by atoms with E-state index >= 15 is 0 Å². The third-order valence-electron chi connectivity index (χ3n) is 4.04. The van der Waals surface area contributed by atoms with Gasteiger partial charge in [-0.2, -0.15) is 0 Å². The minimum absolute atomic E-state index is 0.339. The Morgan fingerprint density at radius 1 is 1.17 bits per heavy atom. The lowest BCUT2D eigenvalue weighted by Crippen LogP contribution is -2.22. The smallest absolute Gasteiger partial charge is 0.180 e. The van der Waals surface area contributed by atoms with Gasteiger partial charge in [0, 0.05) is 37.2 Å². The molecule has 1 aliphatic rings. The summed E-state index contributed by atoms with van der Waals surface area (Å²) >= 11 is 0.